The molecule has 0 fully saturated rings. The predicted octanol–water partition coefficient (Wildman–Crippen LogP) is 10.3. The number of halogens is 3. The summed E-state index contributed by atoms with van der Waals surface area (Å²) in [5.41, 5.74) is 4.69. The molecule has 0 saturated heterocycles. The van der Waals surface area contributed by atoms with Crippen molar-refractivity contribution in [2.45, 2.75) is 90.3 Å². The average molecular weight is 569 g/mol. The second-order valence-electron chi connectivity index (χ2n) is 10.3. The van der Waals surface area contributed by atoms with E-state index < -0.39 is 30.8 Å². The molecule has 0 saturated carbocycles. The molecule has 4 nitrogen and oxygen atoms in total. The zero-order valence-corrected chi connectivity index (χ0v) is 23.8. The normalized spacial score (nSPS) is 12.1. The zero-order chi connectivity index (χ0) is 29.7. The summed E-state index contributed by atoms with van der Waals surface area (Å²) in [6.07, 6.45) is 0.825. The van der Waals surface area contributed by atoms with Crippen molar-refractivity contribution in [1.29, 1.82) is 0 Å². The number of aryl methyl sites for hydroxylation is 1. The lowest BCUT2D eigenvalue weighted by molar-refractivity contribution is -0.209. The molecule has 0 bridgehead atoms. The van der Waals surface area contributed by atoms with Gasteiger partial charge in [0.05, 0.1) is 5.56 Å². The largest absolute Gasteiger partial charge is 0.517 e. The molecule has 1 unspecified atom stereocenters. The zero-order valence-electron chi connectivity index (χ0n) is 23.8. The Morgan fingerprint density at radius 2 is 1.37 bits per heavy atom. The van der Waals surface area contributed by atoms with Crippen LogP contribution in [0.15, 0.2) is 72.8 Å². The number of unbranched alkanes of at least 4 members (excludes halogenated alkanes) is 6. The van der Waals surface area contributed by atoms with Gasteiger partial charge in [-0.25, -0.2) is 9.59 Å². The van der Waals surface area contributed by atoms with E-state index in [1.165, 1.54) is 57.1 Å². The molecule has 41 heavy (non-hydrogen) atoms. The van der Waals surface area contributed by atoms with Gasteiger partial charge < -0.3 is 9.47 Å². The first kappa shape index (κ1) is 31.9. The molecule has 1 atom stereocenters. The van der Waals surface area contributed by atoms with E-state index in [-0.39, 0.29) is 12.0 Å². The topological polar surface area (TPSA) is 52.6 Å². The third-order valence-electron chi connectivity index (χ3n) is 7.00. The quantitative estimate of drug-likeness (QED) is 0.110. The number of esters is 1. The minimum atomic E-state index is -4.75. The third kappa shape index (κ3) is 10.1. The number of benzene rings is 3. The highest BCUT2D eigenvalue weighted by Gasteiger charge is 2.42. The molecule has 220 valence electrons. The fraction of sp³-hybridized carbons (Fsp3) is 0.412. The monoisotopic (exact) mass is 568 g/mol. The number of hydrogen-bond donors (Lipinski definition) is 0. The Labute approximate surface area is 240 Å². The van der Waals surface area contributed by atoms with E-state index in [0.717, 1.165) is 35.1 Å². The Hall–Kier alpha value is -3.61. The van der Waals surface area contributed by atoms with Crippen molar-refractivity contribution in [3.63, 3.8) is 0 Å². The average Bonchev–Trinajstić information content (AvgIpc) is 2.96. The first-order valence-electron chi connectivity index (χ1n) is 14.5. The maximum atomic E-state index is 13.1. The van der Waals surface area contributed by atoms with Crippen LogP contribution in [0.3, 0.4) is 0 Å². The van der Waals surface area contributed by atoms with Crippen molar-refractivity contribution in [3.05, 3.63) is 83.9 Å². The van der Waals surface area contributed by atoms with E-state index in [9.17, 15) is 22.8 Å². The van der Waals surface area contributed by atoms with Gasteiger partial charge in [0.2, 0.25) is 6.10 Å². The molecule has 0 aliphatic rings. The van der Waals surface area contributed by atoms with Gasteiger partial charge in [-0.3, -0.25) is 0 Å². The second-order valence-corrected chi connectivity index (χ2v) is 10.3. The molecular weight excluding hydrogens is 529 g/mol. The summed E-state index contributed by atoms with van der Waals surface area (Å²) in [5, 5.41) is 0. The second kappa shape index (κ2) is 16.0. The highest BCUT2D eigenvalue weighted by molar-refractivity contribution is 5.98. The van der Waals surface area contributed by atoms with Crippen molar-refractivity contribution in [2.24, 2.45) is 0 Å². The first-order chi connectivity index (χ1) is 19.7. The van der Waals surface area contributed by atoms with E-state index in [4.69, 9.17) is 0 Å². The van der Waals surface area contributed by atoms with Gasteiger partial charge in [-0.15, -0.1) is 0 Å². The molecule has 0 spiro atoms. The third-order valence-corrected chi connectivity index (χ3v) is 7.00. The van der Waals surface area contributed by atoms with Gasteiger partial charge in [-0.1, -0.05) is 119 Å². The minimum absolute atomic E-state index is 0.0270. The summed E-state index contributed by atoms with van der Waals surface area (Å²) in [7, 11) is 0. The van der Waals surface area contributed by atoms with E-state index in [1.54, 1.807) is 12.1 Å². The van der Waals surface area contributed by atoms with Gasteiger partial charge >= 0.3 is 18.3 Å². The molecule has 0 aliphatic carbocycles. The SMILES string of the molecule is CCCCCCCCCc1ccc(-c2ccc(C(=O)OC(=O)OC(CCC)C(F)(F)F)cc2-c2ccccc2)cc1. The molecule has 0 N–H and O–H groups in total. The Morgan fingerprint density at radius 1 is 0.732 bits per heavy atom. The summed E-state index contributed by atoms with van der Waals surface area (Å²) in [6, 6.07) is 22.6. The lowest BCUT2D eigenvalue weighted by Crippen LogP contribution is -2.34. The van der Waals surface area contributed by atoms with Crippen LogP contribution >= 0.6 is 0 Å². The molecule has 3 rings (SSSR count). The van der Waals surface area contributed by atoms with Crippen LogP contribution in [0, 0.1) is 0 Å². The summed E-state index contributed by atoms with van der Waals surface area (Å²) < 4.78 is 48.4. The number of carbonyl (C=O) groups is 2. The fourth-order valence-electron chi connectivity index (χ4n) is 4.74. The molecule has 0 aliphatic heterocycles. The van der Waals surface area contributed by atoms with E-state index in [0.29, 0.717) is 0 Å². The lowest BCUT2D eigenvalue weighted by Gasteiger charge is -2.19. The van der Waals surface area contributed by atoms with Crippen molar-refractivity contribution in [1.82, 2.24) is 0 Å². The molecular formula is C34H39F3O4. The lowest BCUT2D eigenvalue weighted by atomic mass is 9.92. The van der Waals surface area contributed by atoms with Crippen LogP contribution in [-0.2, 0) is 15.9 Å². The predicted molar refractivity (Wildman–Crippen MR) is 156 cm³/mol. The number of carbonyl (C=O) groups excluding carboxylic acids is 2. The molecule has 7 heteroatoms. The maximum Gasteiger partial charge on any atom is 0.517 e. The van der Waals surface area contributed by atoms with E-state index in [2.05, 4.69) is 40.7 Å². The maximum absolute atomic E-state index is 13.1. The summed E-state index contributed by atoms with van der Waals surface area (Å²) in [4.78, 5) is 24.7. The Bertz CT molecular complexity index is 1240. The Kier molecular flexibility index (Phi) is 12.4. The van der Waals surface area contributed by atoms with Crippen LogP contribution in [0.1, 0.15) is 87.6 Å². The van der Waals surface area contributed by atoms with Crippen LogP contribution in [0.2, 0.25) is 0 Å². The van der Waals surface area contributed by atoms with Gasteiger partial charge in [0.15, 0.2) is 0 Å². The van der Waals surface area contributed by atoms with Crippen molar-refractivity contribution < 1.29 is 32.2 Å². The summed E-state index contributed by atoms with van der Waals surface area (Å²) >= 11 is 0. The smallest absolute Gasteiger partial charge is 0.421 e. The minimum Gasteiger partial charge on any atom is -0.421 e. The van der Waals surface area contributed by atoms with Crippen LogP contribution in [-0.4, -0.2) is 24.4 Å². The Morgan fingerprint density at radius 3 is 2.00 bits per heavy atom. The van der Waals surface area contributed by atoms with Gasteiger partial charge in [0.25, 0.3) is 0 Å². The van der Waals surface area contributed by atoms with Gasteiger partial charge in [-0.2, -0.15) is 13.2 Å². The van der Waals surface area contributed by atoms with Gasteiger partial charge in [0, 0.05) is 0 Å². The highest BCUT2D eigenvalue weighted by Crippen LogP contribution is 2.34. The number of hydrogen-bond acceptors (Lipinski definition) is 4. The number of ether oxygens (including phenoxy) is 2. The van der Waals surface area contributed by atoms with Crippen molar-refractivity contribution in [3.8, 4) is 22.3 Å². The summed E-state index contributed by atoms with van der Waals surface area (Å²) in [6.45, 7) is 3.76. The van der Waals surface area contributed by atoms with Crippen LogP contribution in [0.4, 0.5) is 18.0 Å². The van der Waals surface area contributed by atoms with Gasteiger partial charge in [0.1, 0.15) is 0 Å². The number of alkyl halides is 3. The van der Waals surface area contributed by atoms with E-state index >= 15 is 0 Å². The molecule has 3 aromatic carbocycles. The van der Waals surface area contributed by atoms with Crippen molar-refractivity contribution in [2.75, 3.05) is 0 Å². The molecule has 0 amide bonds. The van der Waals surface area contributed by atoms with Crippen LogP contribution in [0.25, 0.3) is 22.3 Å². The molecule has 0 heterocycles. The standard InChI is InChI=1S/C34H39F3O4/c1-3-5-6-7-8-9-11-15-25-18-20-27(21-19-25)29-23-22-28(24-30(29)26-16-12-10-13-17-26)32(38)41-33(39)40-31(14-4-2)34(35,36)37/h10,12-13,16-24,31H,3-9,11,14-15H2,1-2H3. The molecule has 3 aromatic rings. The van der Waals surface area contributed by atoms with Crippen molar-refractivity contribution >= 4 is 12.1 Å². The summed E-state index contributed by atoms with van der Waals surface area (Å²) in [5.74, 6) is -1.08. The van der Waals surface area contributed by atoms with Crippen LogP contribution < -0.4 is 0 Å². The Balaban J connectivity index is 1.74. The first-order valence-corrected chi connectivity index (χ1v) is 14.5. The fourth-order valence-corrected chi connectivity index (χ4v) is 4.74. The number of rotatable bonds is 14. The molecule has 0 aromatic heterocycles. The molecule has 0 radical (unpaired) electrons. The van der Waals surface area contributed by atoms with E-state index in [1.807, 2.05) is 30.3 Å². The van der Waals surface area contributed by atoms with Gasteiger partial charge in [-0.05, 0) is 59.2 Å². The van der Waals surface area contributed by atoms with Crippen LogP contribution in [0.5, 0.6) is 0 Å². The highest BCUT2D eigenvalue weighted by atomic mass is 19.4.